The second-order valence-corrected chi connectivity index (χ2v) is 4.23. The summed E-state index contributed by atoms with van der Waals surface area (Å²) in [5, 5.41) is 10.8. The van der Waals surface area contributed by atoms with E-state index in [1.165, 1.54) is 0 Å². The van der Waals surface area contributed by atoms with Crippen molar-refractivity contribution in [3.63, 3.8) is 0 Å². The van der Waals surface area contributed by atoms with Crippen molar-refractivity contribution < 1.29 is 9.53 Å². The summed E-state index contributed by atoms with van der Waals surface area (Å²) in [6.45, 7) is 0.810. The van der Waals surface area contributed by atoms with Gasteiger partial charge < -0.3 is 10.1 Å². The van der Waals surface area contributed by atoms with Gasteiger partial charge >= 0.3 is 0 Å². The lowest BCUT2D eigenvalue weighted by Gasteiger charge is -2.06. The number of hydrogen-bond acceptors (Lipinski definition) is 3. The van der Waals surface area contributed by atoms with E-state index in [9.17, 15) is 4.79 Å². The van der Waals surface area contributed by atoms with Gasteiger partial charge in [-0.1, -0.05) is 0 Å². The van der Waals surface area contributed by atoms with E-state index in [1.54, 1.807) is 6.07 Å². The fourth-order valence-electron chi connectivity index (χ4n) is 1.02. The van der Waals surface area contributed by atoms with Crippen molar-refractivity contribution in [1.29, 1.82) is 5.26 Å². The SMILES string of the molecule is N#CCC(=O)NCCOc1ccc(I)cc1. The van der Waals surface area contributed by atoms with Crippen LogP contribution in [0, 0.1) is 14.9 Å². The number of amides is 1. The van der Waals surface area contributed by atoms with Crippen LogP contribution in [-0.4, -0.2) is 19.1 Å². The van der Waals surface area contributed by atoms with Crippen LogP contribution in [0.2, 0.25) is 0 Å². The molecule has 0 fully saturated rings. The molecule has 0 aliphatic heterocycles. The van der Waals surface area contributed by atoms with E-state index in [0.29, 0.717) is 13.2 Å². The first-order valence-electron chi connectivity index (χ1n) is 4.74. The van der Waals surface area contributed by atoms with E-state index in [2.05, 4.69) is 27.9 Å². The van der Waals surface area contributed by atoms with Crippen molar-refractivity contribution in [2.24, 2.45) is 0 Å². The van der Waals surface area contributed by atoms with E-state index < -0.39 is 0 Å². The standard InChI is InChI=1S/C11H11IN2O2/c12-9-1-3-10(4-2-9)16-8-7-14-11(15)5-6-13/h1-4H,5,7-8H2,(H,14,15). The van der Waals surface area contributed by atoms with Gasteiger partial charge in [0.2, 0.25) is 5.91 Å². The second-order valence-electron chi connectivity index (χ2n) is 2.99. The normalized spacial score (nSPS) is 9.25. The third-order valence-corrected chi connectivity index (χ3v) is 2.47. The van der Waals surface area contributed by atoms with E-state index in [1.807, 2.05) is 24.3 Å². The van der Waals surface area contributed by atoms with Crippen molar-refractivity contribution in [3.05, 3.63) is 27.8 Å². The van der Waals surface area contributed by atoms with E-state index in [-0.39, 0.29) is 12.3 Å². The Bertz CT molecular complexity index is 384. The molecule has 1 N–H and O–H groups in total. The van der Waals surface area contributed by atoms with Gasteiger partial charge in [-0.2, -0.15) is 5.26 Å². The van der Waals surface area contributed by atoms with Gasteiger partial charge in [-0.05, 0) is 46.9 Å². The highest BCUT2D eigenvalue weighted by molar-refractivity contribution is 14.1. The van der Waals surface area contributed by atoms with Crippen LogP contribution >= 0.6 is 22.6 Å². The first-order valence-corrected chi connectivity index (χ1v) is 5.82. The van der Waals surface area contributed by atoms with Crippen LogP contribution in [0.5, 0.6) is 5.75 Å². The topological polar surface area (TPSA) is 62.1 Å². The predicted octanol–water partition coefficient (Wildman–Crippen LogP) is 1.70. The number of benzene rings is 1. The fourth-order valence-corrected chi connectivity index (χ4v) is 1.38. The van der Waals surface area contributed by atoms with Crippen molar-refractivity contribution in [3.8, 4) is 11.8 Å². The molecule has 84 valence electrons. The fraction of sp³-hybridized carbons (Fsp3) is 0.273. The zero-order valence-electron chi connectivity index (χ0n) is 8.57. The molecule has 1 amide bonds. The third kappa shape index (κ3) is 4.98. The molecule has 0 saturated carbocycles. The highest BCUT2D eigenvalue weighted by atomic mass is 127. The highest BCUT2D eigenvalue weighted by Crippen LogP contribution is 2.12. The number of carbonyl (C=O) groups excluding carboxylic acids is 1. The maximum Gasteiger partial charge on any atom is 0.234 e. The summed E-state index contributed by atoms with van der Waals surface area (Å²) in [4.78, 5) is 10.9. The molecule has 16 heavy (non-hydrogen) atoms. The van der Waals surface area contributed by atoms with E-state index in [4.69, 9.17) is 10.00 Å². The number of carbonyl (C=O) groups is 1. The molecule has 0 aliphatic carbocycles. The number of rotatable bonds is 5. The predicted molar refractivity (Wildman–Crippen MR) is 67.9 cm³/mol. The zero-order chi connectivity index (χ0) is 11.8. The molecule has 0 heterocycles. The molecule has 0 saturated heterocycles. The molecule has 1 aromatic carbocycles. The van der Waals surface area contributed by atoms with Gasteiger partial charge in [0, 0.05) is 3.57 Å². The van der Waals surface area contributed by atoms with E-state index in [0.717, 1.165) is 9.32 Å². The second kappa shape index (κ2) is 7.06. The molecular formula is C11H11IN2O2. The van der Waals surface area contributed by atoms with Crippen LogP contribution in [0.3, 0.4) is 0 Å². The number of nitrogens with one attached hydrogen (secondary N) is 1. The molecule has 0 atom stereocenters. The minimum atomic E-state index is -0.270. The summed E-state index contributed by atoms with van der Waals surface area (Å²) in [6.07, 6.45) is -0.108. The first kappa shape index (κ1) is 12.8. The summed E-state index contributed by atoms with van der Waals surface area (Å²) in [5.74, 6) is 0.503. The number of hydrogen-bond donors (Lipinski definition) is 1. The largest absolute Gasteiger partial charge is 0.492 e. The lowest BCUT2D eigenvalue weighted by atomic mass is 10.3. The summed E-state index contributed by atoms with van der Waals surface area (Å²) in [6, 6.07) is 9.42. The molecule has 0 aliphatic rings. The maximum atomic E-state index is 10.9. The summed E-state index contributed by atoms with van der Waals surface area (Å²) in [5.41, 5.74) is 0. The monoisotopic (exact) mass is 330 g/mol. The van der Waals surface area contributed by atoms with Crippen molar-refractivity contribution in [1.82, 2.24) is 5.32 Å². The lowest BCUT2D eigenvalue weighted by molar-refractivity contribution is -0.120. The van der Waals surface area contributed by atoms with Gasteiger partial charge in [-0.25, -0.2) is 0 Å². The first-order chi connectivity index (χ1) is 7.72. The van der Waals surface area contributed by atoms with Crippen LogP contribution in [0.25, 0.3) is 0 Å². The average molecular weight is 330 g/mol. The summed E-state index contributed by atoms with van der Waals surface area (Å²) in [7, 11) is 0. The number of nitrogens with zero attached hydrogens (tertiary/aromatic N) is 1. The zero-order valence-corrected chi connectivity index (χ0v) is 10.7. The van der Waals surface area contributed by atoms with Crippen LogP contribution in [0.1, 0.15) is 6.42 Å². The summed E-state index contributed by atoms with van der Waals surface area (Å²) < 4.78 is 6.53. The Morgan fingerprint density at radius 2 is 2.12 bits per heavy atom. The Morgan fingerprint density at radius 3 is 2.75 bits per heavy atom. The Morgan fingerprint density at radius 1 is 1.44 bits per heavy atom. The average Bonchev–Trinajstić information content (AvgIpc) is 2.27. The number of ether oxygens (including phenoxy) is 1. The van der Waals surface area contributed by atoms with Crippen LogP contribution in [0.15, 0.2) is 24.3 Å². The Labute approximate surface area is 108 Å². The molecule has 0 aromatic heterocycles. The Kier molecular flexibility index (Phi) is 5.64. The molecule has 4 nitrogen and oxygen atoms in total. The van der Waals surface area contributed by atoms with Gasteiger partial charge in [-0.15, -0.1) is 0 Å². The summed E-state index contributed by atoms with van der Waals surface area (Å²) >= 11 is 2.22. The molecule has 0 bridgehead atoms. The van der Waals surface area contributed by atoms with Crippen LogP contribution in [0.4, 0.5) is 0 Å². The molecule has 0 spiro atoms. The Hall–Kier alpha value is -1.29. The third-order valence-electron chi connectivity index (χ3n) is 1.75. The van der Waals surface area contributed by atoms with Crippen molar-refractivity contribution in [2.75, 3.05) is 13.2 Å². The van der Waals surface area contributed by atoms with Gasteiger partial charge in [0.1, 0.15) is 18.8 Å². The number of nitriles is 1. The van der Waals surface area contributed by atoms with E-state index >= 15 is 0 Å². The maximum absolute atomic E-state index is 10.9. The van der Waals surface area contributed by atoms with Crippen molar-refractivity contribution >= 4 is 28.5 Å². The number of halogens is 1. The molecule has 5 heteroatoms. The van der Waals surface area contributed by atoms with Gasteiger partial charge in [0.25, 0.3) is 0 Å². The van der Waals surface area contributed by atoms with Gasteiger partial charge in [-0.3, -0.25) is 4.79 Å². The minimum absolute atomic E-state index is 0.108. The smallest absolute Gasteiger partial charge is 0.234 e. The van der Waals surface area contributed by atoms with Crippen molar-refractivity contribution in [2.45, 2.75) is 6.42 Å². The Balaban J connectivity index is 2.19. The van der Waals surface area contributed by atoms with Crippen LogP contribution in [-0.2, 0) is 4.79 Å². The molecule has 0 radical (unpaired) electrons. The molecular weight excluding hydrogens is 319 g/mol. The minimum Gasteiger partial charge on any atom is -0.492 e. The highest BCUT2D eigenvalue weighted by Gasteiger charge is 1.98. The molecule has 1 rings (SSSR count). The van der Waals surface area contributed by atoms with Gasteiger partial charge in [0.05, 0.1) is 12.6 Å². The van der Waals surface area contributed by atoms with Crippen LogP contribution < -0.4 is 10.1 Å². The van der Waals surface area contributed by atoms with Gasteiger partial charge in [0.15, 0.2) is 0 Å². The molecule has 1 aromatic rings. The lowest BCUT2D eigenvalue weighted by Crippen LogP contribution is -2.27. The molecule has 0 unspecified atom stereocenters. The quantitative estimate of drug-likeness (QED) is 0.660.